The van der Waals surface area contributed by atoms with Crippen molar-refractivity contribution in [1.29, 1.82) is 0 Å². The van der Waals surface area contributed by atoms with Crippen LogP contribution in [0.5, 0.6) is 5.75 Å². The van der Waals surface area contributed by atoms with Crippen LogP contribution in [0.1, 0.15) is 43.2 Å². The van der Waals surface area contributed by atoms with Gasteiger partial charge < -0.3 is 19.3 Å². The summed E-state index contributed by atoms with van der Waals surface area (Å²) in [6.45, 7) is 3.47. The Morgan fingerprint density at radius 1 is 1.00 bits per heavy atom. The molecular formula is C29H40N2O4. The van der Waals surface area contributed by atoms with E-state index in [9.17, 15) is 5.11 Å². The molecule has 2 spiro atoms. The zero-order valence-corrected chi connectivity index (χ0v) is 21.2. The highest BCUT2D eigenvalue weighted by Gasteiger charge is 2.54. The summed E-state index contributed by atoms with van der Waals surface area (Å²) in [6.07, 6.45) is 5.89. The van der Waals surface area contributed by atoms with Crippen LogP contribution >= 0.6 is 0 Å². The third kappa shape index (κ3) is 5.27. The number of aliphatic hydroxyl groups is 1. The summed E-state index contributed by atoms with van der Waals surface area (Å²) in [6, 6.07) is 19.5. The lowest BCUT2D eigenvalue weighted by Gasteiger charge is -2.48. The van der Waals surface area contributed by atoms with Gasteiger partial charge in [0.15, 0.2) is 5.79 Å². The fraction of sp³-hybridized carbons (Fsp3) is 0.586. The molecule has 3 aliphatic rings. The molecule has 2 saturated heterocycles. The number of aliphatic hydroxyl groups excluding tert-OH is 1. The van der Waals surface area contributed by atoms with E-state index in [2.05, 4.69) is 59.3 Å². The van der Waals surface area contributed by atoms with E-state index < -0.39 is 0 Å². The van der Waals surface area contributed by atoms with Crippen molar-refractivity contribution in [2.24, 2.45) is 0 Å². The largest absolute Gasteiger partial charge is 0.497 e. The van der Waals surface area contributed by atoms with Crippen LogP contribution in [0, 0.1) is 0 Å². The first kappa shape index (κ1) is 24.7. The molecule has 3 fully saturated rings. The maximum absolute atomic E-state index is 10.6. The monoisotopic (exact) mass is 480 g/mol. The van der Waals surface area contributed by atoms with Crippen molar-refractivity contribution in [3.8, 4) is 5.75 Å². The standard InChI is InChI=1S/C29H40N2O4/c1-30(20-24-6-4-3-5-7-24)26-19-28(12-14-29(15-13-28)34-16-17-35-29)31(21-26)25(22-32)18-23-8-10-27(33-2)11-9-23/h3-11,25-26,32H,12-22H2,1-2H3/t25-,26+/m0/s1. The minimum absolute atomic E-state index is 0.0655. The number of likely N-dealkylation sites (tertiary alicyclic amines) is 1. The number of nitrogens with zero attached hydrogens (tertiary/aromatic N) is 2. The second-order valence-corrected chi connectivity index (χ2v) is 10.6. The lowest BCUT2D eigenvalue weighted by Crippen LogP contribution is -2.55. The van der Waals surface area contributed by atoms with E-state index in [1.807, 2.05) is 12.1 Å². The van der Waals surface area contributed by atoms with Crippen molar-refractivity contribution in [2.75, 3.05) is 40.5 Å². The van der Waals surface area contributed by atoms with Gasteiger partial charge in [-0.25, -0.2) is 0 Å². The van der Waals surface area contributed by atoms with Crippen molar-refractivity contribution in [1.82, 2.24) is 9.80 Å². The van der Waals surface area contributed by atoms with E-state index in [0.29, 0.717) is 19.3 Å². The molecule has 6 heteroatoms. The van der Waals surface area contributed by atoms with E-state index in [0.717, 1.165) is 57.4 Å². The highest BCUT2D eigenvalue weighted by molar-refractivity contribution is 5.28. The number of hydrogen-bond donors (Lipinski definition) is 1. The predicted molar refractivity (Wildman–Crippen MR) is 136 cm³/mol. The van der Waals surface area contributed by atoms with E-state index >= 15 is 0 Å². The summed E-state index contributed by atoms with van der Waals surface area (Å²) in [5.74, 6) is 0.485. The van der Waals surface area contributed by atoms with Gasteiger partial charge in [0, 0.05) is 43.6 Å². The average Bonchev–Trinajstić information content (AvgIpc) is 3.51. The molecule has 5 rings (SSSR count). The fourth-order valence-electron chi connectivity index (χ4n) is 6.55. The Labute approximate surface area is 209 Å². The Kier molecular flexibility index (Phi) is 7.47. The summed E-state index contributed by atoms with van der Waals surface area (Å²) in [7, 11) is 3.94. The number of likely N-dealkylation sites (N-methyl/N-ethyl adjacent to an activating group) is 1. The van der Waals surface area contributed by atoms with Crippen molar-refractivity contribution >= 4 is 0 Å². The molecule has 0 aromatic heterocycles. The lowest BCUT2D eigenvalue weighted by molar-refractivity contribution is -0.194. The molecule has 0 unspecified atom stereocenters. The second-order valence-electron chi connectivity index (χ2n) is 10.6. The maximum Gasteiger partial charge on any atom is 0.168 e. The van der Waals surface area contributed by atoms with Crippen LogP contribution in [0.25, 0.3) is 0 Å². The van der Waals surface area contributed by atoms with E-state index in [1.54, 1.807) is 7.11 Å². The molecule has 0 bridgehead atoms. The van der Waals surface area contributed by atoms with Crippen molar-refractivity contribution < 1.29 is 19.3 Å². The topological polar surface area (TPSA) is 54.4 Å². The molecule has 2 aromatic carbocycles. The van der Waals surface area contributed by atoms with Crippen LogP contribution in [0.2, 0.25) is 0 Å². The van der Waals surface area contributed by atoms with Crippen LogP contribution in [-0.4, -0.2) is 78.8 Å². The smallest absolute Gasteiger partial charge is 0.168 e. The number of rotatable bonds is 8. The third-order valence-electron chi connectivity index (χ3n) is 8.57. The molecule has 2 heterocycles. The minimum atomic E-state index is -0.379. The zero-order valence-electron chi connectivity index (χ0n) is 21.2. The van der Waals surface area contributed by atoms with Gasteiger partial charge in [-0.15, -0.1) is 0 Å². The number of ether oxygens (including phenoxy) is 3. The van der Waals surface area contributed by atoms with E-state index in [-0.39, 0.29) is 24.0 Å². The van der Waals surface area contributed by atoms with Crippen molar-refractivity contribution in [2.45, 2.75) is 68.5 Å². The molecule has 1 saturated carbocycles. The Hall–Kier alpha value is -1.96. The zero-order chi connectivity index (χ0) is 24.3. The van der Waals surface area contributed by atoms with Gasteiger partial charge in [0.2, 0.25) is 0 Å². The van der Waals surface area contributed by atoms with E-state index in [1.165, 1.54) is 11.1 Å². The predicted octanol–water partition coefficient (Wildman–Crippen LogP) is 3.86. The number of methoxy groups -OCH3 is 1. The van der Waals surface area contributed by atoms with Crippen molar-refractivity contribution in [3.63, 3.8) is 0 Å². The molecule has 2 atom stereocenters. The van der Waals surface area contributed by atoms with Crippen LogP contribution in [0.4, 0.5) is 0 Å². The molecule has 190 valence electrons. The molecule has 35 heavy (non-hydrogen) atoms. The van der Waals surface area contributed by atoms with Gasteiger partial charge in [-0.3, -0.25) is 9.80 Å². The molecule has 1 N–H and O–H groups in total. The SMILES string of the molecule is COc1ccc(C[C@@H](CO)N2C[C@H](N(C)Cc3ccccc3)CC23CCC2(CC3)OCCO2)cc1. The first-order valence-corrected chi connectivity index (χ1v) is 13.1. The van der Waals surface area contributed by atoms with Crippen LogP contribution in [0.3, 0.4) is 0 Å². The van der Waals surface area contributed by atoms with E-state index in [4.69, 9.17) is 14.2 Å². The Balaban J connectivity index is 1.35. The molecular weight excluding hydrogens is 440 g/mol. The van der Waals surface area contributed by atoms with Gasteiger partial charge in [0.1, 0.15) is 5.75 Å². The summed E-state index contributed by atoms with van der Waals surface area (Å²) >= 11 is 0. The van der Waals surface area contributed by atoms with Gasteiger partial charge in [-0.1, -0.05) is 42.5 Å². The molecule has 0 radical (unpaired) electrons. The fourth-order valence-corrected chi connectivity index (χ4v) is 6.55. The molecule has 2 aliphatic heterocycles. The Morgan fingerprint density at radius 2 is 1.69 bits per heavy atom. The number of hydrogen-bond acceptors (Lipinski definition) is 6. The number of benzene rings is 2. The van der Waals surface area contributed by atoms with Gasteiger partial charge in [-0.2, -0.15) is 0 Å². The minimum Gasteiger partial charge on any atom is -0.497 e. The summed E-state index contributed by atoms with van der Waals surface area (Å²) in [5.41, 5.74) is 2.64. The maximum atomic E-state index is 10.6. The first-order valence-electron chi connectivity index (χ1n) is 13.1. The van der Waals surface area contributed by atoms with Gasteiger partial charge in [-0.05, 0) is 56.0 Å². The van der Waals surface area contributed by atoms with Gasteiger partial charge in [0.05, 0.1) is 26.9 Å². The Morgan fingerprint density at radius 3 is 2.31 bits per heavy atom. The highest BCUT2D eigenvalue weighted by atomic mass is 16.7. The van der Waals surface area contributed by atoms with Crippen LogP contribution < -0.4 is 4.74 Å². The van der Waals surface area contributed by atoms with Crippen LogP contribution in [-0.2, 0) is 22.4 Å². The van der Waals surface area contributed by atoms with Crippen LogP contribution in [0.15, 0.2) is 54.6 Å². The van der Waals surface area contributed by atoms with Crippen molar-refractivity contribution in [3.05, 3.63) is 65.7 Å². The Bertz CT molecular complexity index is 935. The third-order valence-corrected chi connectivity index (χ3v) is 8.57. The summed E-state index contributed by atoms with van der Waals surface area (Å²) in [4.78, 5) is 5.15. The molecule has 0 amide bonds. The average molecular weight is 481 g/mol. The first-order chi connectivity index (χ1) is 17.0. The second kappa shape index (κ2) is 10.6. The normalized spacial score (nSPS) is 24.4. The molecule has 2 aromatic rings. The lowest BCUT2D eigenvalue weighted by atomic mass is 9.75. The summed E-state index contributed by atoms with van der Waals surface area (Å²) in [5, 5.41) is 10.6. The van der Waals surface area contributed by atoms with Gasteiger partial charge in [0.25, 0.3) is 0 Å². The van der Waals surface area contributed by atoms with Gasteiger partial charge >= 0.3 is 0 Å². The highest BCUT2D eigenvalue weighted by Crippen LogP contribution is 2.49. The molecule has 1 aliphatic carbocycles. The quantitative estimate of drug-likeness (QED) is 0.619. The molecule has 6 nitrogen and oxygen atoms in total. The summed E-state index contributed by atoms with van der Waals surface area (Å²) < 4.78 is 17.5.